The number of nitrogens with one attached hydrogen (secondary N) is 2. The highest BCUT2D eigenvalue weighted by Crippen LogP contribution is 2.21. The molecule has 1 aromatic carbocycles. The van der Waals surface area contributed by atoms with Gasteiger partial charge in [-0.05, 0) is 24.6 Å². The summed E-state index contributed by atoms with van der Waals surface area (Å²) in [4.78, 5) is 14.2. The van der Waals surface area contributed by atoms with E-state index in [1.165, 1.54) is 24.3 Å². The minimum atomic E-state index is -1.74. The van der Waals surface area contributed by atoms with Crippen LogP contribution < -0.4 is 10.6 Å². The Balaban J connectivity index is 1.83. The molecule has 1 heterocycles. The number of pyridine rings is 1. The first-order valence-electron chi connectivity index (χ1n) is 6.91. The molecule has 0 fully saturated rings. The zero-order chi connectivity index (χ0) is 17.7. The molecular weight excluding hydrogens is 330 g/mol. The molecule has 5 nitrogen and oxygen atoms in total. The molecule has 0 aliphatic carbocycles. The molecule has 0 atom stereocenters. The van der Waals surface area contributed by atoms with E-state index < -0.39 is 35.1 Å². The summed E-state index contributed by atoms with van der Waals surface area (Å²) in [7, 11) is 0. The molecule has 1 aromatic heterocycles. The van der Waals surface area contributed by atoms with Crippen LogP contribution in [0.1, 0.15) is 16.8 Å². The minimum Gasteiger partial charge on any atom is -0.508 e. The van der Waals surface area contributed by atoms with Crippen molar-refractivity contribution in [1.29, 1.82) is 0 Å². The lowest BCUT2D eigenvalue weighted by molar-refractivity contribution is 0.0953. The molecule has 0 radical (unpaired) electrons. The summed E-state index contributed by atoms with van der Waals surface area (Å²) in [5.74, 6) is -7.21. The van der Waals surface area contributed by atoms with E-state index in [1.54, 1.807) is 0 Å². The molecule has 3 N–H and O–H groups in total. The Hall–Kier alpha value is -2.84. The van der Waals surface area contributed by atoms with Gasteiger partial charge in [-0.15, -0.1) is 0 Å². The van der Waals surface area contributed by atoms with Crippen LogP contribution in [0.25, 0.3) is 0 Å². The quantitative estimate of drug-likeness (QED) is 0.428. The molecule has 2 aromatic rings. The van der Waals surface area contributed by atoms with Crippen molar-refractivity contribution in [3.63, 3.8) is 0 Å². The Morgan fingerprint density at radius 2 is 1.75 bits per heavy atom. The highest BCUT2D eigenvalue weighted by Gasteiger charge is 2.20. The molecule has 1 amide bonds. The van der Waals surface area contributed by atoms with Crippen LogP contribution in [-0.4, -0.2) is 29.1 Å². The second-order valence-electron chi connectivity index (χ2n) is 4.78. The van der Waals surface area contributed by atoms with Crippen LogP contribution in [0.4, 0.5) is 23.2 Å². The Labute approximate surface area is 134 Å². The SMILES string of the molecule is O=C(NCCCNc1c(F)c(F)nc(F)c1F)c1cccc(O)c1. The van der Waals surface area contributed by atoms with Gasteiger partial charge in [0, 0.05) is 18.7 Å². The summed E-state index contributed by atoms with van der Waals surface area (Å²) < 4.78 is 52.5. The van der Waals surface area contributed by atoms with Crippen molar-refractivity contribution in [2.75, 3.05) is 18.4 Å². The number of halogens is 4. The number of anilines is 1. The third-order valence-corrected chi connectivity index (χ3v) is 3.05. The third kappa shape index (κ3) is 4.12. The van der Waals surface area contributed by atoms with Crippen LogP contribution in [0.15, 0.2) is 24.3 Å². The molecule has 9 heteroatoms. The van der Waals surface area contributed by atoms with E-state index >= 15 is 0 Å². The lowest BCUT2D eigenvalue weighted by Gasteiger charge is -2.10. The summed E-state index contributed by atoms with van der Waals surface area (Å²) >= 11 is 0. The number of nitrogens with zero attached hydrogens (tertiary/aromatic N) is 1. The standard InChI is InChI=1S/C15H13F4N3O2/c16-10-12(11(17)14(19)22-13(10)18)20-5-2-6-21-15(24)8-3-1-4-9(23)7-8/h1,3-4,7,23H,2,5-6H2,(H,20,22)(H,21,24). The van der Waals surface area contributed by atoms with Crippen LogP contribution in [0, 0.1) is 23.5 Å². The Morgan fingerprint density at radius 3 is 2.38 bits per heavy atom. The molecule has 0 unspecified atom stereocenters. The lowest BCUT2D eigenvalue weighted by Crippen LogP contribution is -2.26. The number of phenols is 1. The van der Waals surface area contributed by atoms with Crippen molar-refractivity contribution in [3.8, 4) is 5.75 Å². The highest BCUT2D eigenvalue weighted by atomic mass is 19.2. The van der Waals surface area contributed by atoms with Gasteiger partial charge in [0.25, 0.3) is 17.8 Å². The number of phenolic OH excluding ortho intramolecular Hbond substituents is 1. The van der Waals surface area contributed by atoms with Crippen molar-refractivity contribution in [1.82, 2.24) is 10.3 Å². The van der Waals surface area contributed by atoms with Crippen molar-refractivity contribution in [3.05, 3.63) is 53.4 Å². The van der Waals surface area contributed by atoms with Gasteiger partial charge in [-0.25, -0.2) is 0 Å². The molecule has 0 saturated carbocycles. The topological polar surface area (TPSA) is 74.2 Å². The highest BCUT2D eigenvalue weighted by molar-refractivity contribution is 5.94. The van der Waals surface area contributed by atoms with Gasteiger partial charge in [0.1, 0.15) is 11.4 Å². The Kier molecular flexibility index (Phi) is 5.56. The predicted molar refractivity (Wildman–Crippen MR) is 77.6 cm³/mol. The fourth-order valence-corrected chi connectivity index (χ4v) is 1.90. The fraction of sp³-hybridized carbons (Fsp3) is 0.200. The summed E-state index contributed by atoms with van der Waals surface area (Å²) in [5, 5.41) is 14.0. The van der Waals surface area contributed by atoms with E-state index in [-0.39, 0.29) is 30.8 Å². The Bertz CT molecular complexity index is 729. The molecule has 0 aliphatic rings. The van der Waals surface area contributed by atoms with E-state index in [0.29, 0.717) is 0 Å². The van der Waals surface area contributed by atoms with Gasteiger partial charge in [0.15, 0.2) is 0 Å². The number of carbonyl (C=O) groups excluding carboxylic acids is 1. The molecular formula is C15H13F4N3O2. The van der Waals surface area contributed by atoms with Gasteiger partial charge in [-0.2, -0.15) is 22.5 Å². The van der Waals surface area contributed by atoms with E-state index in [9.17, 15) is 27.5 Å². The van der Waals surface area contributed by atoms with Gasteiger partial charge in [0.2, 0.25) is 11.6 Å². The van der Waals surface area contributed by atoms with Gasteiger partial charge in [-0.3, -0.25) is 4.79 Å². The first-order valence-corrected chi connectivity index (χ1v) is 6.91. The fourth-order valence-electron chi connectivity index (χ4n) is 1.90. The van der Waals surface area contributed by atoms with Crippen molar-refractivity contribution < 1.29 is 27.5 Å². The van der Waals surface area contributed by atoms with Crippen LogP contribution >= 0.6 is 0 Å². The third-order valence-electron chi connectivity index (χ3n) is 3.05. The maximum absolute atomic E-state index is 13.3. The van der Waals surface area contributed by atoms with Crippen LogP contribution in [0.5, 0.6) is 5.75 Å². The van der Waals surface area contributed by atoms with E-state index in [0.717, 1.165) is 0 Å². The number of amides is 1. The lowest BCUT2D eigenvalue weighted by atomic mass is 10.2. The smallest absolute Gasteiger partial charge is 0.253 e. The van der Waals surface area contributed by atoms with Gasteiger partial charge < -0.3 is 15.7 Å². The molecule has 0 saturated heterocycles. The van der Waals surface area contributed by atoms with Gasteiger partial charge in [-0.1, -0.05) is 6.07 Å². The molecule has 2 rings (SSSR count). The van der Waals surface area contributed by atoms with Crippen LogP contribution in [-0.2, 0) is 0 Å². The summed E-state index contributed by atoms with van der Waals surface area (Å²) in [6.45, 7) is 0.0951. The number of rotatable bonds is 6. The maximum Gasteiger partial charge on any atom is 0.253 e. The van der Waals surface area contributed by atoms with Crippen LogP contribution in [0.2, 0.25) is 0 Å². The number of aromatic hydroxyl groups is 1. The van der Waals surface area contributed by atoms with Crippen molar-refractivity contribution in [2.45, 2.75) is 6.42 Å². The average molecular weight is 343 g/mol. The summed E-state index contributed by atoms with van der Waals surface area (Å²) in [6.07, 6.45) is 0.231. The average Bonchev–Trinajstić information content (AvgIpc) is 2.55. The number of aromatic nitrogens is 1. The molecule has 128 valence electrons. The maximum atomic E-state index is 13.3. The van der Waals surface area contributed by atoms with Gasteiger partial charge >= 0.3 is 0 Å². The largest absolute Gasteiger partial charge is 0.508 e. The number of hydrogen-bond donors (Lipinski definition) is 3. The van der Waals surface area contributed by atoms with E-state index in [1.807, 2.05) is 0 Å². The second-order valence-corrected chi connectivity index (χ2v) is 4.78. The first kappa shape index (κ1) is 17.5. The van der Waals surface area contributed by atoms with E-state index in [4.69, 9.17) is 0 Å². The number of hydrogen-bond acceptors (Lipinski definition) is 4. The van der Waals surface area contributed by atoms with Crippen molar-refractivity contribution >= 4 is 11.6 Å². The van der Waals surface area contributed by atoms with E-state index in [2.05, 4.69) is 15.6 Å². The summed E-state index contributed by atoms with van der Waals surface area (Å²) in [6, 6.07) is 5.70. The molecule has 0 aliphatic heterocycles. The number of carbonyl (C=O) groups is 1. The monoisotopic (exact) mass is 343 g/mol. The summed E-state index contributed by atoms with van der Waals surface area (Å²) in [5.41, 5.74) is -0.697. The molecule has 0 spiro atoms. The minimum absolute atomic E-state index is 0.0446. The zero-order valence-corrected chi connectivity index (χ0v) is 12.2. The molecule has 24 heavy (non-hydrogen) atoms. The molecule has 0 bridgehead atoms. The predicted octanol–water partition coefficient (Wildman–Crippen LogP) is 2.58. The Morgan fingerprint density at radius 1 is 1.08 bits per heavy atom. The second kappa shape index (κ2) is 7.62. The van der Waals surface area contributed by atoms with Gasteiger partial charge in [0.05, 0.1) is 0 Å². The first-order chi connectivity index (χ1) is 11.4. The number of benzene rings is 1. The zero-order valence-electron chi connectivity index (χ0n) is 12.2. The van der Waals surface area contributed by atoms with Crippen molar-refractivity contribution in [2.24, 2.45) is 0 Å². The van der Waals surface area contributed by atoms with Crippen LogP contribution in [0.3, 0.4) is 0 Å². The normalized spacial score (nSPS) is 10.5.